The zero-order valence-electron chi connectivity index (χ0n) is 16.8. The zero-order chi connectivity index (χ0) is 20.0. The van der Waals surface area contributed by atoms with Crippen LogP contribution in [0.1, 0.15) is 63.0 Å². The highest BCUT2D eigenvalue weighted by Crippen LogP contribution is 2.37. The Morgan fingerprint density at radius 1 is 1.22 bits per heavy atom. The van der Waals surface area contributed by atoms with Crippen molar-refractivity contribution >= 4 is 28.2 Å². The van der Waals surface area contributed by atoms with Crippen LogP contribution in [0.3, 0.4) is 0 Å². The van der Waals surface area contributed by atoms with E-state index in [0.717, 1.165) is 31.2 Å². The summed E-state index contributed by atoms with van der Waals surface area (Å²) in [6.45, 7) is 9.29. The van der Waals surface area contributed by atoms with Gasteiger partial charge in [-0.25, -0.2) is 0 Å². The molecule has 0 saturated heterocycles. The topological polar surface area (TPSA) is 85.2 Å². The second-order valence-corrected chi connectivity index (χ2v) is 9.10. The van der Waals surface area contributed by atoms with Crippen LogP contribution < -0.4 is 10.6 Å². The molecule has 1 aliphatic rings. The van der Waals surface area contributed by atoms with E-state index in [9.17, 15) is 14.9 Å². The summed E-state index contributed by atoms with van der Waals surface area (Å²) in [5, 5.41) is 16.0. The van der Waals surface area contributed by atoms with Crippen LogP contribution in [0.2, 0.25) is 0 Å². The molecule has 1 heterocycles. The van der Waals surface area contributed by atoms with Gasteiger partial charge in [0.2, 0.25) is 11.8 Å². The lowest BCUT2D eigenvalue weighted by Gasteiger charge is -2.24. The van der Waals surface area contributed by atoms with Crippen molar-refractivity contribution in [3.05, 3.63) is 16.0 Å². The Morgan fingerprint density at radius 3 is 2.56 bits per heavy atom. The summed E-state index contributed by atoms with van der Waals surface area (Å²) in [6, 6.07) is 2.27. The molecule has 1 aliphatic carbocycles. The summed E-state index contributed by atoms with van der Waals surface area (Å²) in [5.41, 5.74) is 1.50. The molecule has 0 saturated carbocycles. The molecule has 0 atom stereocenters. The summed E-state index contributed by atoms with van der Waals surface area (Å²) in [6.07, 6.45) is 4.47. The average molecular weight is 391 g/mol. The van der Waals surface area contributed by atoms with Crippen molar-refractivity contribution in [2.75, 3.05) is 25.0 Å². The fourth-order valence-electron chi connectivity index (χ4n) is 3.23. The van der Waals surface area contributed by atoms with E-state index in [1.165, 1.54) is 16.2 Å². The predicted octanol–water partition coefficient (Wildman–Crippen LogP) is 3.06. The Hall–Kier alpha value is -1.91. The highest BCUT2D eigenvalue weighted by Gasteiger charge is 2.22. The third kappa shape index (κ3) is 6.33. The number of aryl methyl sites for hydroxylation is 1. The van der Waals surface area contributed by atoms with Gasteiger partial charge in [0.05, 0.1) is 12.1 Å². The molecule has 148 valence electrons. The van der Waals surface area contributed by atoms with Gasteiger partial charge in [-0.05, 0) is 58.6 Å². The Morgan fingerprint density at radius 2 is 1.93 bits per heavy atom. The number of hydrogen-bond donors (Lipinski definition) is 2. The van der Waals surface area contributed by atoms with Gasteiger partial charge in [0.1, 0.15) is 11.1 Å². The number of carbonyl (C=O) groups excluding carboxylic acids is 2. The standard InChI is InChI=1S/C20H30N4O2S/c1-5-24(13-18(26)23-20(2,3)4)11-10-17(25)22-19-15(12-21)14-8-6-7-9-16(14)27-19/h5-11,13H2,1-4H3,(H,22,25)(H,23,26). The van der Waals surface area contributed by atoms with Gasteiger partial charge < -0.3 is 10.6 Å². The van der Waals surface area contributed by atoms with Crippen molar-refractivity contribution in [1.29, 1.82) is 5.26 Å². The van der Waals surface area contributed by atoms with Gasteiger partial charge >= 0.3 is 0 Å². The van der Waals surface area contributed by atoms with Gasteiger partial charge in [-0.2, -0.15) is 5.26 Å². The molecule has 0 fully saturated rings. The van der Waals surface area contributed by atoms with Gasteiger partial charge in [-0.1, -0.05) is 6.92 Å². The molecule has 0 aromatic carbocycles. The summed E-state index contributed by atoms with van der Waals surface area (Å²) < 4.78 is 0. The van der Waals surface area contributed by atoms with Gasteiger partial charge in [-0.15, -0.1) is 11.3 Å². The van der Waals surface area contributed by atoms with Crippen molar-refractivity contribution in [3.63, 3.8) is 0 Å². The van der Waals surface area contributed by atoms with Crippen molar-refractivity contribution in [1.82, 2.24) is 10.2 Å². The highest BCUT2D eigenvalue weighted by atomic mass is 32.1. The van der Waals surface area contributed by atoms with Crippen LogP contribution in [-0.4, -0.2) is 41.9 Å². The maximum Gasteiger partial charge on any atom is 0.234 e. The van der Waals surface area contributed by atoms with E-state index in [2.05, 4.69) is 16.7 Å². The van der Waals surface area contributed by atoms with E-state index in [4.69, 9.17) is 0 Å². The molecule has 2 N–H and O–H groups in total. The van der Waals surface area contributed by atoms with E-state index in [1.807, 2.05) is 32.6 Å². The number of carbonyl (C=O) groups is 2. The third-order valence-corrected chi connectivity index (χ3v) is 5.73. The second kappa shape index (κ2) is 9.34. The zero-order valence-corrected chi connectivity index (χ0v) is 17.6. The third-order valence-electron chi connectivity index (χ3n) is 4.52. The number of nitrogens with one attached hydrogen (secondary N) is 2. The normalized spacial score (nSPS) is 13.8. The van der Waals surface area contributed by atoms with E-state index in [0.29, 0.717) is 30.1 Å². The Bertz CT molecular complexity index is 728. The lowest BCUT2D eigenvalue weighted by molar-refractivity contribution is -0.124. The first-order chi connectivity index (χ1) is 12.7. The van der Waals surface area contributed by atoms with Gasteiger partial charge in [0, 0.05) is 23.4 Å². The number of rotatable bonds is 7. The van der Waals surface area contributed by atoms with Crippen LogP contribution in [0.25, 0.3) is 0 Å². The first kappa shape index (κ1) is 21.4. The highest BCUT2D eigenvalue weighted by molar-refractivity contribution is 7.16. The van der Waals surface area contributed by atoms with Gasteiger partial charge in [-0.3, -0.25) is 14.5 Å². The van der Waals surface area contributed by atoms with Crippen LogP contribution in [0.4, 0.5) is 5.00 Å². The molecular weight excluding hydrogens is 360 g/mol. The molecule has 0 bridgehead atoms. The van der Waals surface area contributed by atoms with Crippen LogP contribution in [0.15, 0.2) is 0 Å². The molecule has 27 heavy (non-hydrogen) atoms. The molecule has 0 aliphatic heterocycles. The fraction of sp³-hybridized carbons (Fsp3) is 0.650. The summed E-state index contributed by atoms with van der Waals surface area (Å²) in [4.78, 5) is 27.6. The van der Waals surface area contributed by atoms with Crippen LogP contribution in [-0.2, 0) is 22.4 Å². The second-order valence-electron chi connectivity index (χ2n) is 7.99. The number of nitrogens with zero attached hydrogens (tertiary/aromatic N) is 2. The van der Waals surface area contributed by atoms with E-state index in [-0.39, 0.29) is 23.9 Å². The van der Waals surface area contributed by atoms with E-state index >= 15 is 0 Å². The molecule has 2 rings (SSSR count). The quantitative estimate of drug-likeness (QED) is 0.749. The van der Waals surface area contributed by atoms with Crippen molar-refractivity contribution in [2.24, 2.45) is 0 Å². The maximum atomic E-state index is 12.4. The molecule has 1 aromatic heterocycles. The lowest BCUT2D eigenvalue weighted by Crippen LogP contribution is -2.46. The minimum absolute atomic E-state index is 0.0394. The van der Waals surface area contributed by atoms with Crippen LogP contribution in [0, 0.1) is 11.3 Å². The minimum atomic E-state index is -0.264. The lowest BCUT2D eigenvalue weighted by atomic mass is 9.96. The Balaban J connectivity index is 1.89. The largest absolute Gasteiger partial charge is 0.350 e. The number of amides is 2. The Kier molecular flexibility index (Phi) is 7.40. The van der Waals surface area contributed by atoms with Gasteiger partial charge in [0.25, 0.3) is 0 Å². The van der Waals surface area contributed by atoms with Crippen molar-refractivity contribution < 1.29 is 9.59 Å². The molecule has 0 spiro atoms. The van der Waals surface area contributed by atoms with Crippen molar-refractivity contribution in [2.45, 2.75) is 65.3 Å². The number of likely N-dealkylation sites (N-methyl/N-ethyl adjacent to an activating group) is 1. The van der Waals surface area contributed by atoms with E-state index in [1.54, 1.807) is 0 Å². The maximum absolute atomic E-state index is 12.4. The molecular formula is C20H30N4O2S. The number of hydrogen-bond acceptors (Lipinski definition) is 5. The first-order valence-corrected chi connectivity index (χ1v) is 10.4. The van der Waals surface area contributed by atoms with Crippen LogP contribution in [0.5, 0.6) is 0 Å². The predicted molar refractivity (Wildman–Crippen MR) is 109 cm³/mol. The SMILES string of the molecule is CCN(CCC(=O)Nc1sc2c(c1C#N)CCCC2)CC(=O)NC(C)(C)C. The summed E-state index contributed by atoms with van der Waals surface area (Å²) in [7, 11) is 0. The Labute approximate surface area is 165 Å². The number of anilines is 1. The number of thiophene rings is 1. The number of nitriles is 1. The smallest absolute Gasteiger partial charge is 0.234 e. The molecule has 2 amide bonds. The molecule has 7 heteroatoms. The molecule has 0 radical (unpaired) electrons. The number of fused-ring (bicyclic) bond motifs is 1. The monoisotopic (exact) mass is 390 g/mol. The molecule has 1 aromatic rings. The molecule has 6 nitrogen and oxygen atoms in total. The van der Waals surface area contributed by atoms with E-state index < -0.39 is 0 Å². The molecule has 0 unspecified atom stereocenters. The van der Waals surface area contributed by atoms with Gasteiger partial charge in [0.15, 0.2) is 0 Å². The van der Waals surface area contributed by atoms with Crippen LogP contribution >= 0.6 is 11.3 Å². The fourth-order valence-corrected chi connectivity index (χ4v) is 4.49. The average Bonchev–Trinajstić information content (AvgIpc) is 2.93. The summed E-state index contributed by atoms with van der Waals surface area (Å²) >= 11 is 1.54. The summed E-state index contributed by atoms with van der Waals surface area (Å²) in [5.74, 6) is -0.151. The van der Waals surface area contributed by atoms with Crippen molar-refractivity contribution in [3.8, 4) is 6.07 Å². The first-order valence-electron chi connectivity index (χ1n) is 9.61. The minimum Gasteiger partial charge on any atom is -0.350 e.